The number of aliphatic carboxylic acids is 1. The third-order valence-corrected chi connectivity index (χ3v) is 5.25. The van der Waals surface area contributed by atoms with Gasteiger partial charge < -0.3 is 15.3 Å². The Morgan fingerprint density at radius 3 is 1.31 bits per heavy atom. The minimum absolute atomic E-state index is 0.323. The maximum atomic E-state index is 10.4. The molecular formula is C22H44O4. The van der Waals surface area contributed by atoms with Gasteiger partial charge in [-0.2, -0.15) is 0 Å². The Bertz CT molecular complexity index is 307. The van der Waals surface area contributed by atoms with Crippen molar-refractivity contribution in [3.63, 3.8) is 0 Å². The largest absolute Gasteiger partial charge is 0.481 e. The SMILES string of the molecule is CC[C@@H](O)[C@H](O)CCCCCCCCCCCCCCCCCC(=O)O. The molecule has 0 aliphatic rings. The Kier molecular flexibility index (Phi) is 18.7. The molecule has 3 N–H and O–H groups in total. The number of carbonyl (C=O) groups is 1. The van der Waals surface area contributed by atoms with Crippen LogP contribution < -0.4 is 0 Å². The first-order valence-corrected chi connectivity index (χ1v) is 11.2. The predicted molar refractivity (Wildman–Crippen MR) is 108 cm³/mol. The van der Waals surface area contributed by atoms with Crippen molar-refractivity contribution in [3.8, 4) is 0 Å². The molecule has 0 saturated heterocycles. The van der Waals surface area contributed by atoms with Gasteiger partial charge in [0.1, 0.15) is 0 Å². The van der Waals surface area contributed by atoms with Crippen LogP contribution in [-0.4, -0.2) is 33.5 Å². The van der Waals surface area contributed by atoms with E-state index in [1.165, 1.54) is 77.0 Å². The van der Waals surface area contributed by atoms with Crippen molar-refractivity contribution in [1.82, 2.24) is 0 Å². The topological polar surface area (TPSA) is 77.8 Å². The quantitative estimate of drug-likeness (QED) is 0.235. The molecule has 0 aromatic rings. The zero-order chi connectivity index (χ0) is 19.5. The van der Waals surface area contributed by atoms with Crippen LogP contribution in [0.4, 0.5) is 0 Å². The summed E-state index contributed by atoms with van der Waals surface area (Å²) in [5.41, 5.74) is 0. The van der Waals surface area contributed by atoms with Gasteiger partial charge in [-0.1, -0.05) is 96.8 Å². The fourth-order valence-electron chi connectivity index (χ4n) is 3.39. The van der Waals surface area contributed by atoms with Crippen LogP contribution in [0.25, 0.3) is 0 Å². The first-order valence-electron chi connectivity index (χ1n) is 11.2. The molecule has 26 heavy (non-hydrogen) atoms. The van der Waals surface area contributed by atoms with E-state index in [0.717, 1.165) is 25.7 Å². The second kappa shape index (κ2) is 19.2. The molecule has 0 rings (SSSR count). The number of aliphatic hydroxyl groups is 2. The van der Waals surface area contributed by atoms with Crippen molar-refractivity contribution in [2.45, 2.75) is 135 Å². The Morgan fingerprint density at radius 1 is 0.615 bits per heavy atom. The number of carboxylic acid groups (broad SMARTS) is 1. The van der Waals surface area contributed by atoms with Crippen LogP contribution in [0.1, 0.15) is 122 Å². The lowest BCUT2D eigenvalue weighted by molar-refractivity contribution is -0.137. The Morgan fingerprint density at radius 2 is 0.962 bits per heavy atom. The summed E-state index contributed by atoms with van der Waals surface area (Å²) in [5.74, 6) is -0.671. The van der Waals surface area contributed by atoms with Gasteiger partial charge in [-0.15, -0.1) is 0 Å². The van der Waals surface area contributed by atoms with E-state index in [9.17, 15) is 15.0 Å². The number of hydrogen-bond acceptors (Lipinski definition) is 3. The molecule has 0 aromatic carbocycles. The standard InChI is InChI=1S/C22H44O4/c1-2-20(23)21(24)18-16-14-12-10-8-6-4-3-5-7-9-11-13-15-17-19-22(25)26/h20-21,23-24H,2-19H2,1H3,(H,25,26)/t20-,21-/m1/s1. The third kappa shape index (κ3) is 18.2. The average Bonchev–Trinajstić information content (AvgIpc) is 2.63. The van der Waals surface area contributed by atoms with Crippen LogP contribution in [0, 0.1) is 0 Å². The monoisotopic (exact) mass is 372 g/mol. The number of carboxylic acids is 1. The van der Waals surface area contributed by atoms with Crippen LogP contribution in [0.2, 0.25) is 0 Å². The summed E-state index contributed by atoms with van der Waals surface area (Å²) in [6.45, 7) is 1.90. The molecule has 0 aliphatic heterocycles. The van der Waals surface area contributed by atoms with Gasteiger partial charge in [-0.05, 0) is 19.3 Å². The van der Waals surface area contributed by atoms with Crippen molar-refractivity contribution < 1.29 is 20.1 Å². The van der Waals surface area contributed by atoms with Crippen LogP contribution in [0.15, 0.2) is 0 Å². The molecule has 0 fully saturated rings. The fraction of sp³-hybridized carbons (Fsp3) is 0.955. The van der Waals surface area contributed by atoms with Gasteiger partial charge in [-0.3, -0.25) is 4.79 Å². The van der Waals surface area contributed by atoms with E-state index >= 15 is 0 Å². The van der Waals surface area contributed by atoms with Gasteiger partial charge in [0, 0.05) is 6.42 Å². The van der Waals surface area contributed by atoms with E-state index in [1.54, 1.807) is 0 Å². The Labute approximate surface area is 161 Å². The molecular weight excluding hydrogens is 328 g/mol. The highest BCUT2D eigenvalue weighted by molar-refractivity contribution is 5.66. The van der Waals surface area contributed by atoms with Gasteiger partial charge in [-0.25, -0.2) is 0 Å². The Balaban J connectivity index is 3.10. The van der Waals surface area contributed by atoms with Crippen LogP contribution in [-0.2, 0) is 4.79 Å². The van der Waals surface area contributed by atoms with Crippen molar-refractivity contribution in [3.05, 3.63) is 0 Å². The van der Waals surface area contributed by atoms with E-state index < -0.39 is 18.2 Å². The zero-order valence-electron chi connectivity index (χ0n) is 17.1. The molecule has 0 radical (unpaired) electrons. The summed E-state index contributed by atoms with van der Waals surface area (Å²) < 4.78 is 0. The summed E-state index contributed by atoms with van der Waals surface area (Å²) in [6, 6.07) is 0. The predicted octanol–water partition coefficient (Wildman–Crippen LogP) is 5.83. The lowest BCUT2D eigenvalue weighted by Crippen LogP contribution is -2.24. The lowest BCUT2D eigenvalue weighted by Gasteiger charge is -2.15. The minimum Gasteiger partial charge on any atom is -0.481 e. The van der Waals surface area contributed by atoms with Crippen molar-refractivity contribution in [2.24, 2.45) is 0 Å². The van der Waals surface area contributed by atoms with E-state index in [0.29, 0.717) is 12.8 Å². The molecule has 0 amide bonds. The minimum atomic E-state index is -0.671. The summed E-state index contributed by atoms with van der Waals surface area (Å²) in [6.07, 6.45) is 19.0. The first-order chi connectivity index (χ1) is 12.6. The highest BCUT2D eigenvalue weighted by Gasteiger charge is 2.12. The number of aliphatic hydroxyl groups excluding tert-OH is 2. The summed E-state index contributed by atoms with van der Waals surface area (Å²) in [7, 11) is 0. The maximum Gasteiger partial charge on any atom is 0.303 e. The zero-order valence-corrected chi connectivity index (χ0v) is 17.1. The van der Waals surface area contributed by atoms with Gasteiger partial charge >= 0.3 is 5.97 Å². The van der Waals surface area contributed by atoms with Crippen LogP contribution in [0.3, 0.4) is 0 Å². The molecule has 0 bridgehead atoms. The fourth-order valence-corrected chi connectivity index (χ4v) is 3.39. The molecule has 2 atom stereocenters. The second-order valence-corrected chi connectivity index (χ2v) is 7.78. The molecule has 0 spiro atoms. The first kappa shape index (κ1) is 25.4. The van der Waals surface area contributed by atoms with Crippen molar-refractivity contribution >= 4 is 5.97 Å². The van der Waals surface area contributed by atoms with Crippen molar-refractivity contribution in [1.29, 1.82) is 0 Å². The molecule has 4 heteroatoms. The second-order valence-electron chi connectivity index (χ2n) is 7.78. The Hall–Kier alpha value is -0.610. The molecule has 0 aromatic heterocycles. The molecule has 0 heterocycles. The summed E-state index contributed by atoms with van der Waals surface area (Å²) in [4.78, 5) is 10.4. The summed E-state index contributed by atoms with van der Waals surface area (Å²) >= 11 is 0. The van der Waals surface area contributed by atoms with Gasteiger partial charge in [0.05, 0.1) is 12.2 Å². The highest BCUT2D eigenvalue weighted by Crippen LogP contribution is 2.15. The van der Waals surface area contributed by atoms with Gasteiger partial charge in [0.15, 0.2) is 0 Å². The van der Waals surface area contributed by atoms with Crippen molar-refractivity contribution in [2.75, 3.05) is 0 Å². The molecule has 0 saturated carbocycles. The van der Waals surface area contributed by atoms with E-state index in [4.69, 9.17) is 5.11 Å². The highest BCUT2D eigenvalue weighted by atomic mass is 16.4. The molecule has 0 unspecified atom stereocenters. The smallest absolute Gasteiger partial charge is 0.303 e. The number of rotatable bonds is 20. The molecule has 0 aliphatic carbocycles. The van der Waals surface area contributed by atoms with E-state index in [2.05, 4.69) is 0 Å². The van der Waals surface area contributed by atoms with Crippen LogP contribution in [0.5, 0.6) is 0 Å². The normalized spacial score (nSPS) is 13.7. The lowest BCUT2D eigenvalue weighted by atomic mass is 10.0. The average molecular weight is 373 g/mol. The third-order valence-electron chi connectivity index (χ3n) is 5.25. The summed E-state index contributed by atoms with van der Waals surface area (Å²) in [5, 5.41) is 27.7. The number of unbranched alkanes of at least 4 members (excludes halogenated alkanes) is 14. The van der Waals surface area contributed by atoms with Gasteiger partial charge in [0.25, 0.3) is 0 Å². The van der Waals surface area contributed by atoms with E-state index in [1.807, 2.05) is 6.92 Å². The molecule has 156 valence electrons. The van der Waals surface area contributed by atoms with E-state index in [-0.39, 0.29) is 0 Å². The molecule has 4 nitrogen and oxygen atoms in total. The van der Waals surface area contributed by atoms with Crippen LogP contribution >= 0.6 is 0 Å². The number of hydrogen-bond donors (Lipinski definition) is 3. The maximum absolute atomic E-state index is 10.4. The van der Waals surface area contributed by atoms with Gasteiger partial charge in [0.2, 0.25) is 0 Å².